The lowest BCUT2D eigenvalue weighted by Gasteiger charge is -2.25. The number of ketones is 1. The van der Waals surface area contributed by atoms with E-state index in [-0.39, 0.29) is 11.7 Å². The molecule has 0 spiro atoms. The van der Waals surface area contributed by atoms with Crippen LogP contribution in [0.25, 0.3) is 0 Å². The number of carbonyl (C=O) groups excluding carboxylic acids is 1. The van der Waals surface area contributed by atoms with E-state index in [9.17, 15) is 4.79 Å². The van der Waals surface area contributed by atoms with Crippen LogP contribution in [0.5, 0.6) is 0 Å². The number of hydrogen-bond donors (Lipinski definition) is 1. The topological polar surface area (TPSA) is 29.1 Å². The van der Waals surface area contributed by atoms with Gasteiger partial charge in [0.05, 0.1) is 5.92 Å². The van der Waals surface area contributed by atoms with Crippen molar-refractivity contribution in [2.75, 3.05) is 6.54 Å². The number of nitrogens with one attached hydrogen (secondary N) is 1. The number of Topliss-reactive ketones (excluding diaryl/α,β-unsaturated/α-hetero) is 1. The van der Waals surface area contributed by atoms with Gasteiger partial charge >= 0.3 is 0 Å². The summed E-state index contributed by atoms with van der Waals surface area (Å²) in [5.74, 6) is 0.119. The van der Waals surface area contributed by atoms with Crippen LogP contribution in [-0.4, -0.2) is 12.3 Å². The van der Waals surface area contributed by atoms with E-state index in [1.54, 1.807) is 0 Å². The summed E-state index contributed by atoms with van der Waals surface area (Å²) in [6.45, 7) is 1.53. The molecule has 1 heterocycles. The van der Waals surface area contributed by atoms with Crippen molar-refractivity contribution >= 4 is 33.3 Å². The van der Waals surface area contributed by atoms with Crippen molar-refractivity contribution in [3.8, 4) is 0 Å². The first-order valence-electron chi connectivity index (χ1n) is 6.90. The highest BCUT2D eigenvalue weighted by Crippen LogP contribution is 2.28. The Hall–Kier alpha value is -1.16. The second kappa shape index (κ2) is 6.30. The third kappa shape index (κ3) is 3.20. The first kappa shape index (κ1) is 14.8. The predicted octanol–water partition coefficient (Wildman–Crippen LogP) is 4.10. The summed E-state index contributed by atoms with van der Waals surface area (Å²) in [5.41, 5.74) is 3.24. The van der Waals surface area contributed by atoms with Gasteiger partial charge in [0.1, 0.15) is 5.78 Å². The zero-order valence-electron chi connectivity index (χ0n) is 11.4. The minimum Gasteiger partial charge on any atom is -0.312 e. The van der Waals surface area contributed by atoms with Crippen molar-refractivity contribution in [3.05, 3.63) is 68.7 Å². The fraction of sp³-hybridized carbons (Fsp3) is 0.235. The van der Waals surface area contributed by atoms with Gasteiger partial charge in [-0.25, -0.2) is 0 Å². The number of hydrogen-bond acceptors (Lipinski definition) is 2. The number of rotatable bonds is 3. The van der Waals surface area contributed by atoms with E-state index >= 15 is 0 Å². The Morgan fingerprint density at radius 3 is 2.90 bits per heavy atom. The fourth-order valence-electron chi connectivity index (χ4n) is 2.76. The molecule has 0 radical (unpaired) electrons. The van der Waals surface area contributed by atoms with Gasteiger partial charge < -0.3 is 5.32 Å². The maximum absolute atomic E-state index is 12.7. The second-order valence-corrected chi connectivity index (χ2v) is 6.58. The molecule has 1 aliphatic rings. The average molecular weight is 365 g/mol. The summed E-state index contributed by atoms with van der Waals surface area (Å²) in [5, 5.41) is 3.95. The van der Waals surface area contributed by atoms with Crippen LogP contribution in [0.1, 0.15) is 22.6 Å². The molecule has 0 fully saturated rings. The monoisotopic (exact) mass is 363 g/mol. The molecule has 1 aliphatic heterocycles. The van der Waals surface area contributed by atoms with Crippen LogP contribution in [0.15, 0.2) is 46.9 Å². The first-order chi connectivity index (χ1) is 10.1. The molecule has 3 rings (SSSR count). The maximum Gasteiger partial charge on any atom is 0.146 e. The Labute approximate surface area is 137 Å². The number of fused-ring (bicyclic) bond motifs is 1. The van der Waals surface area contributed by atoms with Gasteiger partial charge in [0.15, 0.2) is 0 Å². The Kier molecular flexibility index (Phi) is 4.43. The summed E-state index contributed by atoms with van der Waals surface area (Å²) in [6, 6.07) is 13.8. The zero-order chi connectivity index (χ0) is 14.8. The predicted molar refractivity (Wildman–Crippen MR) is 88.8 cm³/mol. The summed E-state index contributed by atoms with van der Waals surface area (Å²) in [7, 11) is 0. The number of halogens is 2. The van der Waals surface area contributed by atoms with E-state index < -0.39 is 0 Å². The summed E-state index contributed by atoms with van der Waals surface area (Å²) in [4.78, 5) is 12.7. The standard InChI is InChI=1S/C17H15BrClNO/c18-13-6-5-11(16(19)8-13)7-17(21)15-10-20-9-12-3-1-2-4-14(12)15/h1-6,8,15,20H,7,9-10H2. The van der Waals surface area contributed by atoms with Gasteiger partial charge in [-0.05, 0) is 28.8 Å². The van der Waals surface area contributed by atoms with E-state index in [0.717, 1.165) is 22.1 Å². The van der Waals surface area contributed by atoms with Crippen molar-refractivity contribution in [3.63, 3.8) is 0 Å². The lowest BCUT2D eigenvalue weighted by Crippen LogP contribution is -2.33. The highest BCUT2D eigenvalue weighted by Gasteiger charge is 2.26. The molecule has 108 valence electrons. The molecule has 2 aromatic rings. The third-order valence-corrected chi connectivity index (χ3v) is 4.71. The molecular formula is C17H15BrClNO. The molecule has 1 unspecified atom stereocenters. The maximum atomic E-state index is 12.7. The minimum atomic E-state index is -0.0883. The van der Waals surface area contributed by atoms with Crippen LogP contribution >= 0.6 is 27.5 Å². The smallest absolute Gasteiger partial charge is 0.146 e. The fourth-order valence-corrected chi connectivity index (χ4v) is 3.50. The van der Waals surface area contributed by atoms with Crippen LogP contribution in [0.3, 0.4) is 0 Å². The Balaban J connectivity index is 1.83. The number of carbonyl (C=O) groups is 1. The van der Waals surface area contributed by atoms with Gasteiger partial charge in [0.2, 0.25) is 0 Å². The average Bonchev–Trinajstić information content (AvgIpc) is 2.49. The lowest BCUT2D eigenvalue weighted by atomic mass is 9.85. The SMILES string of the molecule is O=C(Cc1ccc(Br)cc1Cl)C1CNCc2ccccc21. The van der Waals surface area contributed by atoms with E-state index in [4.69, 9.17) is 11.6 Å². The minimum absolute atomic E-state index is 0.0883. The Morgan fingerprint density at radius 2 is 2.10 bits per heavy atom. The molecular weight excluding hydrogens is 350 g/mol. The number of benzene rings is 2. The molecule has 0 saturated heterocycles. The largest absolute Gasteiger partial charge is 0.312 e. The highest BCUT2D eigenvalue weighted by molar-refractivity contribution is 9.10. The van der Waals surface area contributed by atoms with Crippen molar-refractivity contribution in [2.24, 2.45) is 0 Å². The molecule has 0 aliphatic carbocycles. The van der Waals surface area contributed by atoms with Crippen molar-refractivity contribution < 1.29 is 4.79 Å². The van der Waals surface area contributed by atoms with Gasteiger partial charge in [-0.1, -0.05) is 57.9 Å². The van der Waals surface area contributed by atoms with Crippen LogP contribution < -0.4 is 5.32 Å². The van der Waals surface area contributed by atoms with E-state index in [1.807, 2.05) is 30.3 Å². The summed E-state index contributed by atoms with van der Waals surface area (Å²) < 4.78 is 0.924. The molecule has 1 N–H and O–H groups in total. The van der Waals surface area contributed by atoms with Crippen LogP contribution in [0, 0.1) is 0 Å². The van der Waals surface area contributed by atoms with E-state index in [2.05, 4.69) is 33.4 Å². The van der Waals surface area contributed by atoms with Gasteiger partial charge in [-0.15, -0.1) is 0 Å². The first-order valence-corrected chi connectivity index (χ1v) is 8.07. The van der Waals surface area contributed by atoms with Crippen molar-refractivity contribution in [1.29, 1.82) is 0 Å². The molecule has 0 amide bonds. The van der Waals surface area contributed by atoms with Gasteiger partial charge in [-0.2, -0.15) is 0 Å². The third-order valence-electron chi connectivity index (χ3n) is 3.86. The summed E-state index contributed by atoms with van der Waals surface area (Å²) in [6.07, 6.45) is 0.368. The molecule has 0 bridgehead atoms. The molecule has 2 aromatic carbocycles. The molecule has 21 heavy (non-hydrogen) atoms. The molecule has 1 atom stereocenters. The Bertz CT molecular complexity index is 686. The summed E-state index contributed by atoms with van der Waals surface area (Å²) >= 11 is 9.60. The van der Waals surface area contributed by atoms with Gasteiger partial charge in [0, 0.05) is 29.0 Å². The van der Waals surface area contributed by atoms with Crippen molar-refractivity contribution in [2.45, 2.75) is 18.9 Å². The van der Waals surface area contributed by atoms with Crippen molar-refractivity contribution in [1.82, 2.24) is 5.32 Å². The molecule has 0 aromatic heterocycles. The molecule has 4 heteroatoms. The van der Waals surface area contributed by atoms with Crippen LogP contribution in [0.2, 0.25) is 5.02 Å². The lowest BCUT2D eigenvalue weighted by molar-refractivity contribution is -0.119. The van der Waals surface area contributed by atoms with Crippen LogP contribution in [0.4, 0.5) is 0 Å². The second-order valence-electron chi connectivity index (χ2n) is 5.26. The normalized spacial score (nSPS) is 17.3. The molecule has 2 nitrogen and oxygen atoms in total. The van der Waals surface area contributed by atoms with E-state index in [0.29, 0.717) is 18.0 Å². The Morgan fingerprint density at radius 1 is 1.29 bits per heavy atom. The quantitative estimate of drug-likeness (QED) is 0.888. The van der Waals surface area contributed by atoms with Crippen LogP contribution in [-0.2, 0) is 17.8 Å². The highest BCUT2D eigenvalue weighted by atomic mass is 79.9. The van der Waals surface area contributed by atoms with Gasteiger partial charge in [-0.3, -0.25) is 4.79 Å². The molecule has 0 saturated carbocycles. The van der Waals surface area contributed by atoms with E-state index in [1.165, 1.54) is 5.56 Å². The zero-order valence-corrected chi connectivity index (χ0v) is 13.7. The van der Waals surface area contributed by atoms with Gasteiger partial charge in [0.25, 0.3) is 0 Å².